The monoisotopic (exact) mass is 256 g/mol. The summed E-state index contributed by atoms with van der Waals surface area (Å²) in [6.45, 7) is 2.00. The Kier molecular flexibility index (Phi) is 3.07. The van der Waals surface area contributed by atoms with Gasteiger partial charge in [-0.1, -0.05) is 12.1 Å². The third kappa shape index (κ3) is 2.52. The predicted molar refractivity (Wildman–Crippen MR) is 71.3 cm³/mol. The maximum Gasteiger partial charge on any atom is 0.163 e. The van der Waals surface area contributed by atoms with Crippen molar-refractivity contribution >= 4 is 5.78 Å². The molecule has 0 bridgehead atoms. The van der Waals surface area contributed by atoms with Gasteiger partial charge in [0.1, 0.15) is 12.4 Å². The second-order valence-corrected chi connectivity index (χ2v) is 4.86. The summed E-state index contributed by atoms with van der Waals surface area (Å²) < 4.78 is 7.94. The second-order valence-electron chi connectivity index (χ2n) is 4.86. The van der Waals surface area contributed by atoms with Crippen LogP contribution in [0.15, 0.2) is 36.8 Å². The van der Waals surface area contributed by atoms with Gasteiger partial charge in [0.2, 0.25) is 0 Å². The number of rotatable bonds is 5. The van der Waals surface area contributed by atoms with Crippen molar-refractivity contribution in [3.8, 4) is 5.75 Å². The molecule has 1 aliphatic carbocycles. The lowest BCUT2D eigenvalue weighted by Gasteiger charge is -2.11. The summed E-state index contributed by atoms with van der Waals surface area (Å²) in [5, 5.41) is 0. The molecule has 0 saturated heterocycles. The summed E-state index contributed by atoms with van der Waals surface area (Å²) in [7, 11) is 0. The van der Waals surface area contributed by atoms with Crippen molar-refractivity contribution in [2.24, 2.45) is 0 Å². The number of imidazole rings is 1. The van der Waals surface area contributed by atoms with Crippen LogP contribution in [-0.2, 0) is 6.61 Å². The largest absolute Gasteiger partial charge is 0.487 e. The molecule has 0 aliphatic heterocycles. The van der Waals surface area contributed by atoms with Crippen LogP contribution in [0.1, 0.15) is 41.9 Å². The van der Waals surface area contributed by atoms with Gasteiger partial charge in [-0.2, -0.15) is 0 Å². The molecule has 1 aliphatic rings. The van der Waals surface area contributed by atoms with Crippen LogP contribution in [0.25, 0.3) is 0 Å². The topological polar surface area (TPSA) is 44.1 Å². The fraction of sp³-hybridized carbons (Fsp3) is 0.333. The fourth-order valence-electron chi connectivity index (χ4n) is 2.16. The molecule has 0 N–H and O–H groups in total. The van der Waals surface area contributed by atoms with Crippen LogP contribution in [0.5, 0.6) is 5.75 Å². The van der Waals surface area contributed by atoms with Crippen molar-refractivity contribution < 1.29 is 9.53 Å². The Labute approximate surface area is 112 Å². The molecule has 0 radical (unpaired) electrons. The van der Waals surface area contributed by atoms with Gasteiger partial charge >= 0.3 is 0 Å². The molecule has 4 nitrogen and oxygen atoms in total. The number of ether oxygens (including phenoxy) is 1. The number of hydrogen-bond acceptors (Lipinski definition) is 3. The van der Waals surface area contributed by atoms with Gasteiger partial charge < -0.3 is 9.30 Å². The molecular formula is C15H16N2O2. The summed E-state index contributed by atoms with van der Waals surface area (Å²) in [5.74, 6) is 0.657. The zero-order valence-corrected chi connectivity index (χ0v) is 10.9. The van der Waals surface area contributed by atoms with E-state index >= 15 is 0 Å². The molecule has 1 aromatic carbocycles. The van der Waals surface area contributed by atoms with Gasteiger partial charge in [-0.25, -0.2) is 4.98 Å². The predicted octanol–water partition coefficient (Wildman–Crippen LogP) is 3.00. The van der Waals surface area contributed by atoms with Crippen LogP contribution < -0.4 is 4.74 Å². The van der Waals surface area contributed by atoms with Crippen molar-refractivity contribution in [3.05, 3.63) is 48.0 Å². The van der Waals surface area contributed by atoms with Crippen molar-refractivity contribution in [1.29, 1.82) is 0 Å². The third-order valence-corrected chi connectivity index (χ3v) is 3.33. The number of carbonyl (C=O) groups is 1. The molecule has 1 saturated carbocycles. The molecule has 0 atom stereocenters. The minimum atomic E-state index is 0.0197. The number of benzene rings is 1. The van der Waals surface area contributed by atoms with E-state index in [1.54, 1.807) is 13.0 Å². The van der Waals surface area contributed by atoms with E-state index < -0.39 is 0 Å². The van der Waals surface area contributed by atoms with Gasteiger partial charge in [-0.3, -0.25) is 4.79 Å². The molecule has 19 heavy (non-hydrogen) atoms. The minimum absolute atomic E-state index is 0.0197. The lowest BCUT2D eigenvalue weighted by Crippen LogP contribution is -2.05. The maximum atomic E-state index is 11.5. The Morgan fingerprint density at radius 2 is 2.21 bits per heavy atom. The van der Waals surface area contributed by atoms with Gasteiger partial charge in [-0.05, 0) is 31.9 Å². The molecule has 0 spiro atoms. The van der Waals surface area contributed by atoms with Crippen LogP contribution in [0.2, 0.25) is 0 Å². The first-order valence-electron chi connectivity index (χ1n) is 6.49. The molecule has 1 fully saturated rings. The quantitative estimate of drug-likeness (QED) is 0.772. The SMILES string of the molecule is CC(=O)c1ccccc1OCc1cncn1C1CC1. The maximum absolute atomic E-state index is 11.5. The zero-order valence-electron chi connectivity index (χ0n) is 10.9. The normalized spacial score (nSPS) is 14.4. The Morgan fingerprint density at radius 1 is 1.42 bits per heavy atom. The third-order valence-electron chi connectivity index (χ3n) is 3.33. The number of para-hydroxylation sites is 1. The Balaban J connectivity index is 1.75. The lowest BCUT2D eigenvalue weighted by molar-refractivity contribution is 0.101. The molecule has 0 unspecified atom stereocenters. The number of Topliss-reactive ketones (excluding diaryl/α,β-unsaturated/α-hetero) is 1. The first-order valence-corrected chi connectivity index (χ1v) is 6.49. The van der Waals surface area contributed by atoms with Crippen molar-refractivity contribution in [2.75, 3.05) is 0 Å². The summed E-state index contributed by atoms with van der Waals surface area (Å²) in [6.07, 6.45) is 6.11. The first-order chi connectivity index (χ1) is 9.25. The van der Waals surface area contributed by atoms with Crippen molar-refractivity contribution in [1.82, 2.24) is 9.55 Å². The number of aromatic nitrogens is 2. The van der Waals surface area contributed by atoms with Gasteiger partial charge in [0.05, 0.1) is 23.8 Å². The average Bonchev–Trinajstić information content (AvgIpc) is 3.15. The Morgan fingerprint density at radius 3 is 2.95 bits per heavy atom. The van der Waals surface area contributed by atoms with Crippen LogP contribution in [0.3, 0.4) is 0 Å². The highest BCUT2D eigenvalue weighted by Gasteiger charge is 2.25. The van der Waals surface area contributed by atoms with E-state index in [0.717, 1.165) is 5.69 Å². The lowest BCUT2D eigenvalue weighted by atomic mass is 10.1. The number of carbonyl (C=O) groups excluding carboxylic acids is 1. The van der Waals surface area contributed by atoms with Crippen LogP contribution in [0.4, 0.5) is 0 Å². The first kappa shape index (κ1) is 12.0. The fourth-order valence-corrected chi connectivity index (χ4v) is 2.16. The zero-order chi connectivity index (χ0) is 13.2. The molecule has 98 valence electrons. The standard InChI is InChI=1S/C15H16N2O2/c1-11(18)14-4-2-3-5-15(14)19-9-13-8-16-10-17(13)12-6-7-12/h2-5,8,10,12H,6-7,9H2,1H3. The number of hydrogen-bond donors (Lipinski definition) is 0. The molecule has 1 heterocycles. The van der Waals surface area contributed by atoms with Crippen LogP contribution in [0, 0.1) is 0 Å². The highest BCUT2D eigenvalue weighted by molar-refractivity contribution is 5.96. The van der Waals surface area contributed by atoms with E-state index in [-0.39, 0.29) is 5.78 Å². The summed E-state index contributed by atoms with van der Waals surface area (Å²) in [6, 6.07) is 7.92. The van der Waals surface area contributed by atoms with Crippen molar-refractivity contribution in [2.45, 2.75) is 32.4 Å². The van der Waals surface area contributed by atoms with Gasteiger partial charge in [-0.15, -0.1) is 0 Å². The summed E-state index contributed by atoms with van der Waals surface area (Å²) >= 11 is 0. The molecule has 4 heteroatoms. The van der Waals surface area contributed by atoms with Crippen molar-refractivity contribution in [3.63, 3.8) is 0 Å². The molecular weight excluding hydrogens is 240 g/mol. The molecule has 2 aromatic rings. The number of nitrogens with zero attached hydrogens (tertiary/aromatic N) is 2. The van der Waals surface area contributed by atoms with E-state index in [2.05, 4.69) is 9.55 Å². The van der Waals surface area contributed by atoms with Crippen LogP contribution >= 0.6 is 0 Å². The summed E-state index contributed by atoms with van der Waals surface area (Å²) in [4.78, 5) is 15.7. The molecule has 1 aromatic heterocycles. The average molecular weight is 256 g/mol. The smallest absolute Gasteiger partial charge is 0.163 e. The molecule has 0 amide bonds. The van der Waals surface area contributed by atoms with E-state index in [4.69, 9.17) is 4.74 Å². The number of ketones is 1. The van der Waals surface area contributed by atoms with Crippen LogP contribution in [-0.4, -0.2) is 15.3 Å². The van der Waals surface area contributed by atoms with E-state index in [9.17, 15) is 4.79 Å². The second kappa shape index (κ2) is 4.88. The Bertz CT molecular complexity index is 600. The highest BCUT2D eigenvalue weighted by Crippen LogP contribution is 2.35. The van der Waals surface area contributed by atoms with Gasteiger partial charge in [0, 0.05) is 6.04 Å². The molecule has 3 rings (SSSR count). The van der Waals surface area contributed by atoms with Gasteiger partial charge in [0.15, 0.2) is 5.78 Å². The minimum Gasteiger partial charge on any atom is -0.487 e. The highest BCUT2D eigenvalue weighted by atomic mass is 16.5. The van der Waals surface area contributed by atoms with E-state index in [1.165, 1.54) is 12.8 Å². The van der Waals surface area contributed by atoms with E-state index in [0.29, 0.717) is 24.0 Å². The Hall–Kier alpha value is -2.10. The van der Waals surface area contributed by atoms with E-state index in [1.807, 2.05) is 30.7 Å². The van der Waals surface area contributed by atoms with Gasteiger partial charge in [0.25, 0.3) is 0 Å². The summed E-state index contributed by atoms with van der Waals surface area (Å²) in [5.41, 5.74) is 1.68.